The van der Waals surface area contributed by atoms with Gasteiger partial charge in [0.2, 0.25) is 0 Å². The average molecular weight is 294 g/mol. The normalized spacial score (nSPS) is 17.1. The molecular weight excluding hydrogens is 278 g/mol. The summed E-state index contributed by atoms with van der Waals surface area (Å²) in [6.45, 7) is 0. The van der Waals surface area contributed by atoms with Crippen LogP contribution in [0.1, 0.15) is 32.1 Å². The first kappa shape index (κ1) is 14.6. The third-order valence-corrected chi connectivity index (χ3v) is 3.83. The standard InChI is InChI=1S/C14H16ClN3O2/c15-11-4-6-12(7-5-11)17-13(19)18(20)14(10-16)8-2-1-3-9-14/h4-7,20H,1-3,8-9H2,(H,17,19). The highest BCUT2D eigenvalue weighted by Gasteiger charge is 2.41. The Bertz CT molecular complexity index is 518. The minimum absolute atomic E-state index is 0.494. The van der Waals surface area contributed by atoms with Gasteiger partial charge in [-0.15, -0.1) is 0 Å². The van der Waals surface area contributed by atoms with E-state index in [4.69, 9.17) is 11.6 Å². The maximum absolute atomic E-state index is 12.0. The maximum Gasteiger partial charge on any atom is 0.347 e. The second-order valence-corrected chi connectivity index (χ2v) is 5.39. The molecule has 0 bridgehead atoms. The van der Waals surface area contributed by atoms with Crippen molar-refractivity contribution in [3.8, 4) is 6.07 Å². The number of anilines is 1. The van der Waals surface area contributed by atoms with Crippen LogP contribution in [0.5, 0.6) is 0 Å². The molecule has 0 radical (unpaired) electrons. The molecule has 0 atom stereocenters. The van der Waals surface area contributed by atoms with Crippen molar-refractivity contribution in [2.24, 2.45) is 0 Å². The Labute approximate surface area is 122 Å². The Kier molecular flexibility index (Phi) is 4.48. The molecule has 0 saturated heterocycles. The number of hydrogen-bond donors (Lipinski definition) is 2. The zero-order valence-electron chi connectivity index (χ0n) is 11.0. The molecule has 1 aliphatic rings. The van der Waals surface area contributed by atoms with Crippen LogP contribution in [-0.4, -0.2) is 21.8 Å². The van der Waals surface area contributed by atoms with Crippen molar-refractivity contribution in [2.45, 2.75) is 37.6 Å². The van der Waals surface area contributed by atoms with Crippen molar-refractivity contribution in [3.05, 3.63) is 29.3 Å². The summed E-state index contributed by atoms with van der Waals surface area (Å²) in [4.78, 5) is 12.0. The predicted molar refractivity (Wildman–Crippen MR) is 75.5 cm³/mol. The van der Waals surface area contributed by atoms with Gasteiger partial charge in [-0.05, 0) is 49.9 Å². The number of nitrogens with zero attached hydrogens (tertiary/aromatic N) is 2. The lowest BCUT2D eigenvalue weighted by molar-refractivity contribution is -0.112. The number of amides is 2. The molecule has 5 nitrogen and oxygen atoms in total. The van der Waals surface area contributed by atoms with Crippen molar-refractivity contribution in [1.82, 2.24) is 5.06 Å². The quantitative estimate of drug-likeness (QED) is 0.643. The third kappa shape index (κ3) is 3.03. The molecule has 1 fully saturated rings. The SMILES string of the molecule is N#CC1(N(O)C(=O)Nc2ccc(Cl)cc2)CCCCC1. The molecule has 20 heavy (non-hydrogen) atoms. The van der Waals surface area contributed by atoms with E-state index in [2.05, 4.69) is 11.4 Å². The van der Waals surface area contributed by atoms with Gasteiger partial charge in [0.15, 0.2) is 5.54 Å². The molecule has 1 aromatic carbocycles. The molecule has 1 saturated carbocycles. The summed E-state index contributed by atoms with van der Waals surface area (Å²) >= 11 is 5.76. The van der Waals surface area contributed by atoms with Gasteiger partial charge in [0, 0.05) is 10.7 Å². The number of hydroxylamine groups is 2. The van der Waals surface area contributed by atoms with Gasteiger partial charge >= 0.3 is 6.03 Å². The van der Waals surface area contributed by atoms with Crippen LogP contribution in [0, 0.1) is 11.3 Å². The zero-order chi connectivity index (χ0) is 14.6. The minimum Gasteiger partial charge on any atom is -0.306 e. The molecule has 0 unspecified atom stereocenters. The second-order valence-electron chi connectivity index (χ2n) is 4.95. The smallest absolute Gasteiger partial charge is 0.306 e. The fourth-order valence-corrected chi connectivity index (χ4v) is 2.54. The van der Waals surface area contributed by atoms with E-state index in [1.165, 1.54) is 0 Å². The summed E-state index contributed by atoms with van der Waals surface area (Å²) in [7, 11) is 0. The zero-order valence-corrected chi connectivity index (χ0v) is 11.7. The summed E-state index contributed by atoms with van der Waals surface area (Å²) in [5, 5.41) is 23.1. The minimum atomic E-state index is -1.12. The summed E-state index contributed by atoms with van der Waals surface area (Å²) in [5.41, 5.74) is -0.600. The molecule has 2 rings (SSSR count). The Hall–Kier alpha value is -1.77. The van der Waals surface area contributed by atoms with E-state index in [0.717, 1.165) is 19.3 Å². The van der Waals surface area contributed by atoms with E-state index in [1.807, 2.05) is 0 Å². The Morgan fingerprint density at radius 3 is 2.45 bits per heavy atom. The fourth-order valence-electron chi connectivity index (χ4n) is 2.41. The van der Waals surface area contributed by atoms with Gasteiger partial charge < -0.3 is 5.32 Å². The summed E-state index contributed by atoms with van der Waals surface area (Å²) in [6, 6.07) is 7.93. The largest absolute Gasteiger partial charge is 0.347 e. The van der Waals surface area contributed by atoms with Crippen molar-refractivity contribution in [3.63, 3.8) is 0 Å². The molecule has 6 heteroatoms. The Morgan fingerprint density at radius 1 is 1.30 bits per heavy atom. The van der Waals surface area contributed by atoms with E-state index < -0.39 is 11.6 Å². The van der Waals surface area contributed by atoms with Crippen molar-refractivity contribution in [2.75, 3.05) is 5.32 Å². The molecule has 0 aromatic heterocycles. The molecule has 1 aromatic rings. The number of rotatable bonds is 2. The van der Waals surface area contributed by atoms with Crippen LogP contribution in [0.25, 0.3) is 0 Å². The van der Waals surface area contributed by atoms with Crippen LogP contribution >= 0.6 is 11.6 Å². The molecule has 1 aliphatic carbocycles. The van der Waals surface area contributed by atoms with E-state index in [0.29, 0.717) is 28.6 Å². The van der Waals surface area contributed by atoms with E-state index in [9.17, 15) is 15.3 Å². The van der Waals surface area contributed by atoms with E-state index in [1.54, 1.807) is 24.3 Å². The highest BCUT2D eigenvalue weighted by Crippen LogP contribution is 2.32. The van der Waals surface area contributed by atoms with E-state index in [-0.39, 0.29) is 0 Å². The van der Waals surface area contributed by atoms with Gasteiger partial charge in [0.25, 0.3) is 0 Å². The lowest BCUT2D eigenvalue weighted by atomic mass is 9.82. The molecule has 0 aliphatic heterocycles. The van der Waals surface area contributed by atoms with Gasteiger partial charge in [-0.2, -0.15) is 10.3 Å². The number of carbonyl (C=O) groups is 1. The summed E-state index contributed by atoms with van der Waals surface area (Å²) in [5.74, 6) is 0. The number of halogens is 1. The molecule has 0 heterocycles. The van der Waals surface area contributed by atoms with Gasteiger partial charge in [-0.25, -0.2) is 4.79 Å². The fraction of sp³-hybridized carbons (Fsp3) is 0.429. The van der Waals surface area contributed by atoms with Gasteiger partial charge in [-0.1, -0.05) is 18.0 Å². The first-order chi connectivity index (χ1) is 9.57. The summed E-state index contributed by atoms with van der Waals surface area (Å²) in [6.07, 6.45) is 3.68. The van der Waals surface area contributed by atoms with Crippen molar-refractivity contribution < 1.29 is 10.0 Å². The Balaban J connectivity index is 2.07. The number of hydrogen-bond acceptors (Lipinski definition) is 3. The van der Waals surface area contributed by atoms with Crippen molar-refractivity contribution >= 4 is 23.3 Å². The predicted octanol–water partition coefficient (Wildman–Crippen LogP) is 3.79. The lowest BCUT2D eigenvalue weighted by Gasteiger charge is -2.36. The highest BCUT2D eigenvalue weighted by molar-refractivity contribution is 6.30. The van der Waals surface area contributed by atoms with Crippen LogP contribution < -0.4 is 5.32 Å². The van der Waals surface area contributed by atoms with Gasteiger partial charge in [-0.3, -0.25) is 5.21 Å². The number of carbonyl (C=O) groups excluding carboxylic acids is 1. The molecule has 2 N–H and O–H groups in total. The average Bonchev–Trinajstić information content (AvgIpc) is 2.49. The van der Waals surface area contributed by atoms with E-state index >= 15 is 0 Å². The second kappa shape index (κ2) is 6.12. The number of nitrogens with one attached hydrogen (secondary N) is 1. The van der Waals surface area contributed by atoms with Crippen LogP contribution in [0.4, 0.5) is 10.5 Å². The molecule has 0 spiro atoms. The topological polar surface area (TPSA) is 76.4 Å². The number of urea groups is 1. The first-order valence-electron chi connectivity index (χ1n) is 6.54. The first-order valence-corrected chi connectivity index (χ1v) is 6.92. The van der Waals surface area contributed by atoms with Crippen LogP contribution in [0.3, 0.4) is 0 Å². The van der Waals surface area contributed by atoms with Crippen LogP contribution in [-0.2, 0) is 0 Å². The number of benzene rings is 1. The van der Waals surface area contributed by atoms with Gasteiger partial charge in [0.05, 0.1) is 6.07 Å². The molecular formula is C14H16ClN3O2. The lowest BCUT2D eigenvalue weighted by Crippen LogP contribution is -2.51. The Morgan fingerprint density at radius 2 is 1.90 bits per heavy atom. The van der Waals surface area contributed by atoms with Crippen LogP contribution in [0.15, 0.2) is 24.3 Å². The summed E-state index contributed by atoms with van der Waals surface area (Å²) < 4.78 is 0. The third-order valence-electron chi connectivity index (χ3n) is 3.58. The highest BCUT2D eigenvalue weighted by atomic mass is 35.5. The maximum atomic E-state index is 12.0. The molecule has 106 valence electrons. The van der Waals surface area contributed by atoms with Crippen molar-refractivity contribution in [1.29, 1.82) is 5.26 Å². The molecule has 2 amide bonds. The number of nitriles is 1. The monoisotopic (exact) mass is 293 g/mol. The van der Waals surface area contributed by atoms with Crippen LogP contribution in [0.2, 0.25) is 5.02 Å². The van der Waals surface area contributed by atoms with Gasteiger partial charge in [0.1, 0.15) is 0 Å².